The van der Waals surface area contributed by atoms with Crippen molar-refractivity contribution in [2.75, 3.05) is 11.4 Å². The number of hydrogen-bond acceptors (Lipinski definition) is 2. The quantitative estimate of drug-likeness (QED) is 0.838. The summed E-state index contributed by atoms with van der Waals surface area (Å²) in [7, 11) is 0. The van der Waals surface area contributed by atoms with E-state index in [9.17, 15) is 4.79 Å². The molecular formula is C13H16ClNO2. The minimum absolute atomic E-state index is 0.0235. The zero-order valence-corrected chi connectivity index (χ0v) is 10.6. The van der Waals surface area contributed by atoms with E-state index < -0.39 is 5.38 Å². The van der Waals surface area contributed by atoms with Crippen LogP contribution in [0.15, 0.2) is 18.2 Å². The van der Waals surface area contributed by atoms with Crippen molar-refractivity contribution in [2.45, 2.75) is 31.7 Å². The molecule has 0 fully saturated rings. The molecule has 1 heterocycles. The molecular weight excluding hydrogens is 238 g/mol. The highest BCUT2D eigenvalue weighted by atomic mass is 35.5. The summed E-state index contributed by atoms with van der Waals surface area (Å²) < 4.78 is 0. The van der Waals surface area contributed by atoms with Gasteiger partial charge < -0.3 is 10.0 Å². The Hall–Kier alpha value is -1.06. The van der Waals surface area contributed by atoms with Crippen LogP contribution in [0.2, 0.25) is 0 Å². The summed E-state index contributed by atoms with van der Waals surface area (Å²) in [5.74, 6) is -0.0235. The minimum atomic E-state index is -0.446. The molecule has 92 valence electrons. The number of carbonyl (C=O) groups excluding carboxylic acids is 1. The molecule has 0 unspecified atom stereocenters. The van der Waals surface area contributed by atoms with Gasteiger partial charge in [-0.05, 0) is 30.0 Å². The molecule has 0 spiro atoms. The fraction of sp³-hybridized carbons (Fsp3) is 0.462. The van der Waals surface area contributed by atoms with Crippen LogP contribution in [0.25, 0.3) is 0 Å². The van der Waals surface area contributed by atoms with Gasteiger partial charge in [0.05, 0.1) is 6.61 Å². The predicted molar refractivity (Wildman–Crippen MR) is 68.4 cm³/mol. The molecule has 1 aliphatic heterocycles. The van der Waals surface area contributed by atoms with Gasteiger partial charge in [-0.15, -0.1) is 11.6 Å². The smallest absolute Gasteiger partial charge is 0.245 e. The van der Waals surface area contributed by atoms with E-state index in [-0.39, 0.29) is 12.5 Å². The Bertz CT molecular complexity index is 433. The monoisotopic (exact) mass is 253 g/mol. The number of hydrogen-bond donors (Lipinski definition) is 1. The van der Waals surface area contributed by atoms with Gasteiger partial charge in [0.15, 0.2) is 0 Å². The lowest BCUT2D eigenvalue weighted by Crippen LogP contribution is -2.35. The third-order valence-electron chi connectivity index (χ3n) is 3.11. The molecule has 0 bridgehead atoms. The number of fused-ring (bicyclic) bond motifs is 1. The van der Waals surface area contributed by atoms with Gasteiger partial charge in [0.25, 0.3) is 0 Å². The lowest BCUT2D eigenvalue weighted by molar-refractivity contribution is -0.118. The number of amides is 1. The average molecular weight is 254 g/mol. The van der Waals surface area contributed by atoms with Crippen molar-refractivity contribution in [2.24, 2.45) is 0 Å². The largest absolute Gasteiger partial charge is 0.392 e. The summed E-state index contributed by atoms with van der Waals surface area (Å²) in [6.07, 6.45) is 1.48. The van der Waals surface area contributed by atoms with Crippen LogP contribution < -0.4 is 4.90 Å². The third kappa shape index (κ3) is 2.31. The van der Waals surface area contributed by atoms with Crippen LogP contribution in [0, 0.1) is 0 Å². The molecule has 1 amide bonds. The maximum atomic E-state index is 12.0. The van der Waals surface area contributed by atoms with Crippen LogP contribution in [0.4, 0.5) is 5.69 Å². The van der Waals surface area contributed by atoms with Crippen LogP contribution >= 0.6 is 11.6 Å². The van der Waals surface area contributed by atoms with Crippen molar-refractivity contribution in [1.82, 2.24) is 0 Å². The zero-order valence-electron chi connectivity index (χ0n) is 9.82. The molecule has 1 N–H and O–H groups in total. The number of benzene rings is 1. The molecule has 0 aliphatic carbocycles. The summed E-state index contributed by atoms with van der Waals surface area (Å²) >= 11 is 5.99. The highest BCUT2D eigenvalue weighted by Gasteiger charge is 2.28. The summed E-state index contributed by atoms with van der Waals surface area (Å²) in [4.78, 5) is 13.8. The summed E-state index contributed by atoms with van der Waals surface area (Å²) in [6.45, 7) is 2.63. The van der Waals surface area contributed by atoms with Crippen LogP contribution in [-0.4, -0.2) is 22.9 Å². The molecule has 17 heavy (non-hydrogen) atoms. The average Bonchev–Trinajstić information content (AvgIpc) is 2.79. The maximum Gasteiger partial charge on any atom is 0.245 e. The lowest BCUT2D eigenvalue weighted by atomic mass is 10.1. The van der Waals surface area contributed by atoms with Gasteiger partial charge in [-0.2, -0.15) is 0 Å². The number of aliphatic hydroxyl groups is 1. The lowest BCUT2D eigenvalue weighted by Gasteiger charge is -2.19. The Morgan fingerprint density at radius 1 is 1.59 bits per heavy atom. The van der Waals surface area contributed by atoms with Crippen molar-refractivity contribution in [3.63, 3.8) is 0 Å². The fourth-order valence-corrected chi connectivity index (χ4v) is 2.24. The maximum absolute atomic E-state index is 12.0. The third-order valence-corrected chi connectivity index (χ3v) is 3.61. The molecule has 1 aromatic rings. The van der Waals surface area contributed by atoms with E-state index in [0.29, 0.717) is 13.0 Å². The van der Waals surface area contributed by atoms with Crippen molar-refractivity contribution < 1.29 is 9.90 Å². The number of alkyl halides is 1. The first-order valence-corrected chi connectivity index (χ1v) is 6.29. The molecule has 1 aromatic carbocycles. The normalized spacial score (nSPS) is 15.8. The van der Waals surface area contributed by atoms with E-state index in [4.69, 9.17) is 16.7 Å². The topological polar surface area (TPSA) is 40.5 Å². The van der Waals surface area contributed by atoms with Crippen LogP contribution in [0.3, 0.4) is 0 Å². The first kappa shape index (κ1) is 12.4. The predicted octanol–water partition coefficient (Wildman–Crippen LogP) is 2.09. The molecule has 1 aliphatic rings. The van der Waals surface area contributed by atoms with Gasteiger partial charge in [0, 0.05) is 12.2 Å². The van der Waals surface area contributed by atoms with Crippen LogP contribution in [0.1, 0.15) is 24.5 Å². The number of anilines is 1. The Balaban J connectivity index is 2.25. The van der Waals surface area contributed by atoms with Gasteiger partial charge in [-0.1, -0.05) is 19.1 Å². The number of carbonyl (C=O) groups is 1. The van der Waals surface area contributed by atoms with Crippen molar-refractivity contribution in [3.8, 4) is 0 Å². The van der Waals surface area contributed by atoms with Gasteiger partial charge in [-0.3, -0.25) is 4.79 Å². The minimum Gasteiger partial charge on any atom is -0.392 e. The second-order valence-electron chi connectivity index (χ2n) is 4.24. The van der Waals surface area contributed by atoms with Crippen LogP contribution in [-0.2, 0) is 17.8 Å². The van der Waals surface area contributed by atoms with E-state index >= 15 is 0 Å². The standard InChI is InChI=1S/C13H16ClNO2/c1-2-11(14)13(17)15-6-5-10-7-9(8-16)3-4-12(10)15/h3-4,7,11,16H,2,5-6,8H2,1H3/t11-/m1/s1. The van der Waals surface area contributed by atoms with Gasteiger partial charge in [-0.25, -0.2) is 0 Å². The van der Waals surface area contributed by atoms with Crippen molar-refractivity contribution in [3.05, 3.63) is 29.3 Å². The Morgan fingerprint density at radius 3 is 3.00 bits per heavy atom. The van der Waals surface area contributed by atoms with E-state index in [1.807, 2.05) is 25.1 Å². The van der Waals surface area contributed by atoms with Gasteiger partial charge in [0.1, 0.15) is 5.38 Å². The van der Waals surface area contributed by atoms with Gasteiger partial charge >= 0.3 is 0 Å². The van der Waals surface area contributed by atoms with Gasteiger partial charge in [0.2, 0.25) is 5.91 Å². The van der Waals surface area contributed by atoms with E-state index in [1.165, 1.54) is 0 Å². The summed E-state index contributed by atoms with van der Waals surface area (Å²) in [5.41, 5.74) is 2.94. The highest BCUT2D eigenvalue weighted by molar-refractivity contribution is 6.32. The van der Waals surface area contributed by atoms with Crippen molar-refractivity contribution in [1.29, 1.82) is 0 Å². The molecule has 0 saturated carbocycles. The second kappa shape index (κ2) is 5.07. The Labute approximate surface area is 106 Å². The molecule has 1 atom stereocenters. The van der Waals surface area contributed by atoms with Crippen molar-refractivity contribution >= 4 is 23.2 Å². The van der Waals surface area contributed by atoms with Crippen LogP contribution in [0.5, 0.6) is 0 Å². The second-order valence-corrected chi connectivity index (χ2v) is 4.76. The van der Waals surface area contributed by atoms with E-state index in [2.05, 4.69) is 0 Å². The Morgan fingerprint density at radius 2 is 2.35 bits per heavy atom. The Kier molecular flexibility index (Phi) is 3.69. The number of nitrogens with zero attached hydrogens (tertiary/aromatic N) is 1. The molecule has 4 heteroatoms. The molecule has 2 rings (SSSR count). The molecule has 0 aromatic heterocycles. The SMILES string of the molecule is CC[C@@H](Cl)C(=O)N1CCc2cc(CO)ccc21. The number of halogens is 1. The molecule has 0 saturated heterocycles. The number of rotatable bonds is 3. The number of aliphatic hydroxyl groups excluding tert-OH is 1. The fourth-order valence-electron chi connectivity index (χ4n) is 2.13. The highest BCUT2D eigenvalue weighted by Crippen LogP contribution is 2.30. The summed E-state index contributed by atoms with van der Waals surface area (Å²) in [6, 6.07) is 5.70. The van der Waals surface area contributed by atoms with E-state index in [1.54, 1.807) is 4.90 Å². The molecule has 3 nitrogen and oxygen atoms in total. The first-order chi connectivity index (χ1) is 8.17. The molecule has 0 radical (unpaired) electrons. The van der Waals surface area contributed by atoms with E-state index in [0.717, 1.165) is 23.2 Å². The summed E-state index contributed by atoms with van der Waals surface area (Å²) in [5, 5.41) is 8.62. The zero-order chi connectivity index (χ0) is 12.4. The first-order valence-electron chi connectivity index (χ1n) is 5.85.